The van der Waals surface area contributed by atoms with E-state index in [9.17, 15) is 17.2 Å². The molecule has 0 unspecified atom stereocenters. The van der Waals surface area contributed by atoms with Gasteiger partial charge < -0.3 is 15.0 Å². The molecular formula is C21H28F2IN3O3S. The second-order valence-electron chi connectivity index (χ2n) is 6.78. The number of guanidine groups is 1. The highest BCUT2D eigenvalue weighted by molar-refractivity contribution is 14.0. The van der Waals surface area contributed by atoms with E-state index < -0.39 is 16.4 Å². The molecule has 0 spiro atoms. The van der Waals surface area contributed by atoms with E-state index in [1.54, 1.807) is 31.3 Å². The van der Waals surface area contributed by atoms with E-state index >= 15 is 0 Å². The highest BCUT2D eigenvalue weighted by Gasteiger charge is 2.12. The molecule has 6 nitrogen and oxygen atoms in total. The maximum absolute atomic E-state index is 12.3. The van der Waals surface area contributed by atoms with Crippen LogP contribution in [0.15, 0.2) is 59.6 Å². The van der Waals surface area contributed by atoms with Crippen molar-refractivity contribution < 1.29 is 21.9 Å². The Hall–Kier alpha value is -1.95. The molecule has 0 aliphatic rings. The van der Waals surface area contributed by atoms with Gasteiger partial charge >= 0.3 is 6.61 Å². The fourth-order valence-corrected chi connectivity index (χ4v) is 4.33. The Labute approximate surface area is 199 Å². The van der Waals surface area contributed by atoms with Crippen LogP contribution in [0.1, 0.15) is 17.5 Å². The monoisotopic (exact) mass is 567 g/mol. The molecule has 0 aromatic heterocycles. The molecule has 0 aliphatic carbocycles. The molecule has 2 aromatic rings. The van der Waals surface area contributed by atoms with Gasteiger partial charge in [0, 0.05) is 27.2 Å². The number of hydrogen-bond acceptors (Lipinski definition) is 4. The van der Waals surface area contributed by atoms with Crippen molar-refractivity contribution in [3.63, 3.8) is 0 Å². The van der Waals surface area contributed by atoms with E-state index in [-0.39, 0.29) is 41.2 Å². The summed E-state index contributed by atoms with van der Waals surface area (Å²) in [6, 6.07) is 15.5. The fourth-order valence-electron chi connectivity index (χ4n) is 2.90. The summed E-state index contributed by atoms with van der Waals surface area (Å²) in [6.45, 7) is -1.88. The van der Waals surface area contributed by atoms with E-state index in [1.165, 1.54) is 12.1 Å². The lowest BCUT2D eigenvalue weighted by Crippen LogP contribution is -2.39. The smallest absolute Gasteiger partial charge is 0.387 e. The average Bonchev–Trinajstić information content (AvgIpc) is 2.69. The van der Waals surface area contributed by atoms with Crippen molar-refractivity contribution in [1.82, 2.24) is 10.2 Å². The van der Waals surface area contributed by atoms with Gasteiger partial charge in [0.15, 0.2) is 15.8 Å². The van der Waals surface area contributed by atoms with Crippen LogP contribution in [-0.2, 0) is 22.1 Å². The summed E-state index contributed by atoms with van der Waals surface area (Å²) in [6.07, 6.45) is 0.460. The van der Waals surface area contributed by atoms with Gasteiger partial charge in [-0.05, 0) is 29.7 Å². The maximum atomic E-state index is 12.3. The predicted molar refractivity (Wildman–Crippen MR) is 130 cm³/mol. The summed E-state index contributed by atoms with van der Waals surface area (Å²) in [7, 11) is 0.302. The van der Waals surface area contributed by atoms with Crippen LogP contribution < -0.4 is 10.1 Å². The van der Waals surface area contributed by atoms with E-state index in [0.29, 0.717) is 25.5 Å². The van der Waals surface area contributed by atoms with Gasteiger partial charge in [0.1, 0.15) is 5.75 Å². The fraction of sp³-hybridized carbons (Fsp3) is 0.381. The first-order valence-electron chi connectivity index (χ1n) is 9.49. The number of nitrogens with zero attached hydrogens (tertiary/aromatic N) is 2. The minimum absolute atomic E-state index is 0. The molecule has 0 saturated carbocycles. The largest absolute Gasteiger partial charge is 0.435 e. The molecule has 0 aliphatic heterocycles. The Bertz CT molecular complexity index is 911. The van der Waals surface area contributed by atoms with Gasteiger partial charge in [-0.3, -0.25) is 4.99 Å². The van der Waals surface area contributed by atoms with Crippen molar-refractivity contribution in [2.24, 2.45) is 4.99 Å². The third-order valence-electron chi connectivity index (χ3n) is 4.29. The quantitative estimate of drug-likeness (QED) is 0.204. The molecule has 172 valence electrons. The molecule has 2 aromatic carbocycles. The zero-order valence-electron chi connectivity index (χ0n) is 17.5. The minimum atomic E-state index is -3.18. The molecule has 1 N–H and O–H groups in total. The summed E-state index contributed by atoms with van der Waals surface area (Å²) >= 11 is 0. The van der Waals surface area contributed by atoms with Crippen molar-refractivity contribution in [2.75, 3.05) is 26.4 Å². The average molecular weight is 567 g/mol. The molecule has 0 fully saturated rings. The van der Waals surface area contributed by atoms with Crippen LogP contribution in [0, 0.1) is 0 Å². The lowest BCUT2D eigenvalue weighted by Gasteiger charge is -2.22. The topological polar surface area (TPSA) is 71.0 Å². The Kier molecular flexibility index (Phi) is 11.8. The second-order valence-corrected chi connectivity index (χ2v) is 8.97. The van der Waals surface area contributed by atoms with Crippen LogP contribution in [0.4, 0.5) is 8.78 Å². The highest BCUT2D eigenvalue weighted by atomic mass is 127. The Balaban J connectivity index is 0.00000480. The van der Waals surface area contributed by atoms with Crippen molar-refractivity contribution in [3.8, 4) is 5.75 Å². The van der Waals surface area contributed by atoms with E-state index in [0.717, 1.165) is 11.1 Å². The number of rotatable bonds is 10. The standard InChI is InChI=1S/C21H27F2N3O3S.HI/c1-24-21(26(2)15-17-9-11-19(12-10-17)29-20(22)23)25-13-6-14-30(27,28)16-18-7-4-3-5-8-18;/h3-5,7-12,20H,6,13-16H2,1-2H3,(H,24,25);1H. The summed E-state index contributed by atoms with van der Waals surface area (Å²) in [5, 5.41) is 3.15. The maximum Gasteiger partial charge on any atom is 0.387 e. The molecule has 2 rings (SSSR count). The predicted octanol–water partition coefficient (Wildman–Crippen LogP) is 3.92. The summed E-state index contributed by atoms with van der Waals surface area (Å²) in [5.41, 5.74) is 1.68. The number of halogens is 3. The highest BCUT2D eigenvalue weighted by Crippen LogP contribution is 2.15. The molecular weight excluding hydrogens is 539 g/mol. The van der Waals surface area contributed by atoms with Gasteiger partial charge in [-0.25, -0.2) is 8.42 Å². The summed E-state index contributed by atoms with van der Waals surface area (Å²) in [5.74, 6) is 0.841. The van der Waals surface area contributed by atoms with E-state index in [2.05, 4.69) is 15.0 Å². The SMILES string of the molecule is CN=C(NCCCS(=O)(=O)Cc1ccccc1)N(C)Cc1ccc(OC(F)F)cc1.I. The molecule has 0 heterocycles. The zero-order valence-corrected chi connectivity index (χ0v) is 20.6. The Morgan fingerprint density at radius 2 is 1.74 bits per heavy atom. The number of ether oxygens (including phenoxy) is 1. The summed E-state index contributed by atoms with van der Waals surface area (Å²) in [4.78, 5) is 6.06. The second kappa shape index (κ2) is 13.5. The molecule has 0 radical (unpaired) electrons. The Morgan fingerprint density at radius 3 is 2.32 bits per heavy atom. The number of alkyl halides is 2. The third kappa shape index (κ3) is 10.3. The minimum Gasteiger partial charge on any atom is -0.435 e. The number of aliphatic imine (C=N–C) groups is 1. The van der Waals surface area contributed by atoms with Gasteiger partial charge in [-0.1, -0.05) is 42.5 Å². The van der Waals surface area contributed by atoms with Gasteiger partial charge in [-0.15, -0.1) is 24.0 Å². The van der Waals surface area contributed by atoms with E-state index in [4.69, 9.17) is 0 Å². The molecule has 10 heteroatoms. The van der Waals surface area contributed by atoms with Gasteiger partial charge in [-0.2, -0.15) is 8.78 Å². The number of sulfone groups is 1. The van der Waals surface area contributed by atoms with Crippen molar-refractivity contribution in [2.45, 2.75) is 25.3 Å². The number of hydrogen-bond donors (Lipinski definition) is 1. The molecule has 0 saturated heterocycles. The molecule has 0 amide bonds. The van der Waals surface area contributed by atoms with Crippen LogP contribution in [0.5, 0.6) is 5.75 Å². The van der Waals surface area contributed by atoms with Gasteiger partial charge in [0.25, 0.3) is 0 Å². The molecule has 0 bridgehead atoms. The normalized spacial score (nSPS) is 11.7. The van der Waals surface area contributed by atoms with E-state index in [1.807, 2.05) is 30.1 Å². The van der Waals surface area contributed by atoms with Gasteiger partial charge in [0.05, 0.1) is 11.5 Å². The summed E-state index contributed by atoms with van der Waals surface area (Å²) < 4.78 is 53.3. The first-order valence-corrected chi connectivity index (χ1v) is 11.3. The zero-order chi connectivity index (χ0) is 22.0. The third-order valence-corrected chi connectivity index (χ3v) is 5.97. The lowest BCUT2D eigenvalue weighted by molar-refractivity contribution is -0.0498. The van der Waals surface area contributed by atoms with Gasteiger partial charge in [0.2, 0.25) is 0 Å². The number of nitrogens with one attached hydrogen (secondary N) is 1. The number of benzene rings is 2. The van der Waals surface area contributed by atoms with Crippen LogP contribution in [0.2, 0.25) is 0 Å². The van der Waals surface area contributed by atoms with Crippen LogP contribution >= 0.6 is 24.0 Å². The van der Waals surface area contributed by atoms with Crippen molar-refractivity contribution >= 4 is 39.8 Å². The van der Waals surface area contributed by atoms with Crippen molar-refractivity contribution in [3.05, 3.63) is 65.7 Å². The van der Waals surface area contributed by atoms with Crippen LogP contribution in [0.3, 0.4) is 0 Å². The first-order chi connectivity index (χ1) is 14.3. The molecule has 0 atom stereocenters. The first kappa shape index (κ1) is 27.1. The van der Waals surface area contributed by atoms with Crippen LogP contribution in [-0.4, -0.2) is 52.3 Å². The Morgan fingerprint density at radius 1 is 1.10 bits per heavy atom. The molecule has 31 heavy (non-hydrogen) atoms. The lowest BCUT2D eigenvalue weighted by atomic mass is 10.2. The van der Waals surface area contributed by atoms with Crippen LogP contribution in [0.25, 0.3) is 0 Å². The van der Waals surface area contributed by atoms with Crippen molar-refractivity contribution in [1.29, 1.82) is 0 Å².